The van der Waals surface area contributed by atoms with Crippen LogP contribution in [0.25, 0.3) is 112 Å². The fourth-order valence-corrected chi connectivity index (χ4v) is 8.07. The quantitative estimate of drug-likeness (QED) is 0.153. The SMILES string of the molecule is c1ccc(-c2cccc(-c3nc(-c4ccccc4)cc(-c4cccc(-c5cccc(-c6nc(-c7ccc8ccccc8c7)nc(-c7ccc8ccccc8c7)n6)c5)c4)n3)c2)cc1. The second-order valence-corrected chi connectivity index (χ2v) is 15.4. The van der Waals surface area contributed by atoms with Crippen LogP contribution < -0.4 is 0 Å². The molecule has 9 aromatic carbocycles. The van der Waals surface area contributed by atoms with E-state index >= 15 is 0 Å². The molecule has 5 nitrogen and oxygen atoms in total. The molecule has 0 aliphatic carbocycles. The average Bonchev–Trinajstić information content (AvgIpc) is 3.36. The number of nitrogens with zero attached hydrogens (tertiary/aromatic N) is 5. The molecule has 11 aromatic rings. The molecule has 0 radical (unpaired) electrons. The van der Waals surface area contributed by atoms with E-state index in [1.807, 2.05) is 24.3 Å². The molecule has 0 unspecified atom stereocenters. The summed E-state index contributed by atoms with van der Waals surface area (Å²) in [5.41, 5.74) is 11.8. The number of benzene rings is 9. The molecule has 0 bridgehead atoms. The van der Waals surface area contributed by atoms with Gasteiger partial charge in [-0.15, -0.1) is 0 Å². The number of hydrogen-bond donors (Lipinski definition) is 0. The molecule has 62 heavy (non-hydrogen) atoms. The third-order valence-corrected chi connectivity index (χ3v) is 11.3. The Hall–Kier alpha value is -8.41. The molecular formula is C57H37N5. The van der Waals surface area contributed by atoms with Gasteiger partial charge in [-0.1, -0.05) is 188 Å². The molecule has 5 heteroatoms. The molecule has 290 valence electrons. The van der Waals surface area contributed by atoms with Gasteiger partial charge in [0, 0.05) is 33.4 Å². The zero-order valence-corrected chi connectivity index (χ0v) is 33.6. The number of fused-ring (bicyclic) bond motifs is 2. The summed E-state index contributed by atoms with van der Waals surface area (Å²) in [6.45, 7) is 0. The minimum atomic E-state index is 0.606. The van der Waals surface area contributed by atoms with Crippen molar-refractivity contribution in [2.45, 2.75) is 0 Å². The maximum Gasteiger partial charge on any atom is 0.164 e. The molecule has 0 aliphatic heterocycles. The van der Waals surface area contributed by atoms with Crippen molar-refractivity contribution in [3.8, 4) is 90.3 Å². The Morgan fingerprint density at radius 3 is 1.03 bits per heavy atom. The van der Waals surface area contributed by atoms with Crippen LogP contribution in [0.2, 0.25) is 0 Å². The Morgan fingerprint density at radius 2 is 0.516 bits per heavy atom. The first-order valence-corrected chi connectivity index (χ1v) is 20.7. The summed E-state index contributed by atoms with van der Waals surface area (Å²) < 4.78 is 0. The molecule has 0 amide bonds. The highest BCUT2D eigenvalue weighted by Gasteiger charge is 2.16. The molecule has 0 aliphatic rings. The molecule has 2 heterocycles. The van der Waals surface area contributed by atoms with Gasteiger partial charge in [0.2, 0.25) is 0 Å². The van der Waals surface area contributed by atoms with Crippen LogP contribution in [0.15, 0.2) is 224 Å². The summed E-state index contributed by atoms with van der Waals surface area (Å²) in [5.74, 6) is 2.53. The standard InChI is InChI=1S/C57H37N5/c1-3-14-38(15-4-1)44-22-12-26-48(33-44)54-58-52(41-18-5-2-6-19-41)37-53(59-54)47-25-11-23-45(32-47)46-24-13-27-49(36-46)55-60-56(50-30-28-39-16-7-9-20-42(39)34-50)62-57(61-55)51-31-29-40-17-8-10-21-43(40)35-51/h1-37H. The lowest BCUT2D eigenvalue weighted by Crippen LogP contribution is -2.00. The van der Waals surface area contributed by atoms with Crippen molar-refractivity contribution in [1.29, 1.82) is 0 Å². The van der Waals surface area contributed by atoms with Crippen molar-refractivity contribution in [2.24, 2.45) is 0 Å². The fraction of sp³-hybridized carbons (Fsp3) is 0. The van der Waals surface area contributed by atoms with Crippen molar-refractivity contribution in [3.05, 3.63) is 224 Å². The summed E-state index contributed by atoms with van der Waals surface area (Å²) in [6, 6.07) is 77.7. The van der Waals surface area contributed by atoms with Crippen LogP contribution >= 0.6 is 0 Å². The topological polar surface area (TPSA) is 64.5 Å². The lowest BCUT2D eigenvalue weighted by Gasteiger charge is -2.12. The highest BCUT2D eigenvalue weighted by atomic mass is 15.0. The van der Waals surface area contributed by atoms with Crippen molar-refractivity contribution in [2.75, 3.05) is 0 Å². The first-order chi connectivity index (χ1) is 30.7. The van der Waals surface area contributed by atoms with Gasteiger partial charge in [-0.25, -0.2) is 24.9 Å². The maximum absolute atomic E-state index is 5.21. The van der Waals surface area contributed by atoms with Crippen LogP contribution in [0.4, 0.5) is 0 Å². The first kappa shape index (κ1) is 36.7. The second kappa shape index (κ2) is 16.0. The van der Waals surface area contributed by atoms with E-state index in [1.165, 1.54) is 10.8 Å². The number of rotatable bonds is 8. The van der Waals surface area contributed by atoms with E-state index in [0.29, 0.717) is 23.3 Å². The molecular weight excluding hydrogens is 755 g/mol. The van der Waals surface area contributed by atoms with Gasteiger partial charge in [0.05, 0.1) is 11.4 Å². The Bertz CT molecular complexity index is 3320. The van der Waals surface area contributed by atoms with E-state index in [4.69, 9.17) is 24.9 Å². The van der Waals surface area contributed by atoms with Crippen LogP contribution in [0, 0.1) is 0 Å². The maximum atomic E-state index is 5.21. The predicted octanol–water partition coefficient (Wildman–Crippen LogP) is 14.3. The Kier molecular flexibility index (Phi) is 9.45. The van der Waals surface area contributed by atoms with Crippen LogP contribution in [-0.4, -0.2) is 24.9 Å². The van der Waals surface area contributed by atoms with Gasteiger partial charge >= 0.3 is 0 Å². The molecule has 11 rings (SSSR count). The molecule has 0 atom stereocenters. The number of hydrogen-bond acceptors (Lipinski definition) is 5. The van der Waals surface area contributed by atoms with Crippen molar-refractivity contribution in [1.82, 2.24) is 24.9 Å². The zero-order chi connectivity index (χ0) is 41.2. The van der Waals surface area contributed by atoms with E-state index in [9.17, 15) is 0 Å². The van der Waals surface area contributed by atoms with E-state index in [0.717, 1.165) is 77.8 Å². The molecule has 0 N–H and O–H groups in total. The Labute approximate surface area is 359 Å². The highest BCUT2D eigenvalue weighted by molar-refractivity contribution is 5.88. The van der Waals surface area contributed by atoms with Gasteiger partial charge in [0.25, 0.3) is 0 Å². The average molecular weight is 792 g/mol. The lowest BCUT2D eigenvalue weighted by atomic mass is 9.98. The monoisotopic (exact) mass is 791 g/mol. The lowest BCUT2D eigenvalue weighted by molar-refractivity contribution is 1.08. The van der Waals surface area contributed by atoms with Crippen LogP contribution in [0.5, 0.6) is 0 Å². The largest absolute Gasteiger partial charge is 0.228 e. The highest BCUT2D eigenvalue weighted by Crippen LogP contribution is 2.34. The molecule has 0 saturated heterocycles. The molecule has 0 saturated carbocycles. The van der Waals surface area contributed by atoms with Crippen molar-refractivity contribution in [3.63, 3.8) is 0 Å². The Balaban J connectivity index is 1.00. The minimum absolute atomic E-state index is 0.606. The normalized spacial score (nSPS) is 11.2. The van der Waals surface area contributed by atoms with Crippen LogP contribution in [0.3, 0.4) is 0 Å². The molecule has 0 fully saturated rings. The van der Waals surface area contributed by atoms with E-state index in [-0.39, 0.29) is 0 Å². The zero-order valence-electron chi connectivity index (χ0n) is 33.6. The Morgan fingerprint density at radius 1 is 0.177 bits per heavy atom. The van der Waals surface area contributed by atoms with Gasteiger partial charge in [-0.2, -0.15) is 0 Å². The van der Waals surface area contributed by atoms with Crippen LogP contribution in [0.1, 0.15) is 0 Å². The van der Waals surface area contributed by atoms with Gasteiger partial charge < -0.3 is 0 Å². The van der Waals surface area contributed by atoms with E-state index < -0.39 is 0 Å². The van der Waals surface area contributed by atoms with E-state index in [2.05, 4.69) is 200 Å². The van der Waals surface area contributed by atoms with Gasteiger partial charge in [-0.05, 0) is 80.2 Å². The summed E-state index contributed by atoms with van der Waals surface area (Å²) in [4.78, 5) is 25.7. The predicted molar refractivity (Wildman–Crippen MR) is 254 cm³/mol. The summed E-state index contributed by atoms with van der Waals surface area (Å²) >= 11 is 0. The van der Waals surface area contributed by atoms with Crippen LogP contribution in [-0.2, 0) is 0 Å². The number of aromatic nitrogens is 5. The second-order valence-electron chi connectivity index (χ2n) is 15.4. The molecule has 0 spiro atoms. The third-order valence-electron chi connectivity index (χ3n) is 11.3. The fourth-order valence-electron chi connectivity index (χ4n) is 8.07. The minimum Gasteiger partial charge on any atom is -0.228 e. The van der Waals surface area contributed by atoms with E-state index in [1.54, 1.807) is 0 Å². The summed E-state index contributed by atoms with van der Waals surface area (Å²) in [7, 11) is 0. The summed E-state index contributed by atoms with van der Waals surface area (Å²) in [5, 5.41) is 4.60. The van der Waals surface area contributed by atoms with Gasteiger partial charge in [0.15, 0.2) is 23.3 Å². The smallest absolute Gasteiger partial charge is 0.164 e. The van der Waals surface area contributed by atoms with Crippen molar-refractivity contribution < 1.29 is 0 Å². The first-order valence-electron chi connectivity index (χ1n) is 20.7. The third kappa shape index (κ3) is 7.40. The van der Waals surface area contributed by atoms with Gasteiger partial charge in [-0.3, -0.25) is 0 Å². The molecule has 2 aromatic heterocycles. The summed E-state index contributed by atoms with van der Waals surface area (Å²) in [6.07, 6.45) is 0. The van der Waals surface area contributed by atoms with Crippen molar-refractivity contribution >= 4 is 21.5 Å². The van der Waals surface area contributed by atoms with Gasteiger partial charge in [0.1, 0.15) is 0 Å².